The second-order valence-electron chi connectivity index (χ2n) is 5.25. The van der Waals surface area contributed by atoms with Gasteiger partial charge in [0.1, 0.15) is 5.82 Å². The van der Waals surface area contributed by atoms with Gasteiger partial charge in [-0.1, -0.05) is 19.9 Å². The van der Waals surface area contributed by atoms with Crippen molar-refractivity contribution < 1.29 is 5.11 Å². The number of nitrogens with zero attached hydrogens (tertiary/aromatic N) is 2. The van der Waals surface area contributed by atoms with Crippen LogP contribution in [-0.4, -0.2) is 22.7 Å². The molecule has 0 saturated heterocycles. The first kappa shape index (κ1) is 12.4. The standard InChI is InChI=1S/C14H22N2O/c1-11(2)7-9-16(13-5-6-13)14-12(10-17)4-3-8-15-14/h3-4,8,11,13,17H,5-7,9-10H2,1-2H3. The van der Waals surface area contributed by atoms with Crippen LogP contribution in [0.4, 0.5) is 5.82 Å². The summed E-state index contributed by atoms with van der Waals surface area (Å²) >= 11 is 0. The average Bonchev–Trinajstić information content (AvgIpc) is 3.14. The van der Waals surface area contributed by atoms with Crippen molar-refractivity contribution in [2.24, 2.45) is 5.92 Å². The normalized spacial score (nSPS) is 15.3. The molecule has 1 fully saturated rings. The summed E-state index contributed by atoms with van der Waals surface area (Å²) in [5.74, 6) is 1.69. The molecule has 1 aliphatic carbocycles. The number of hydrogen-bond donors (Lipinski definition) is 1. The van der Waals surface area contributed by atoms with Crippen molar-refractivity contribution in [2.45, 2.75) is 45.8 Å². The Hall–Kier alpha value is -1.09. The lowest BCUT2D eigenvalue weighted by Gasteiger charge is -2.26. The molecule has 1 aliphatic rings. The molecule has 1 heterocycles. The number of hydrogen-bond acceptors (Lipinski definition) is 3. The van der Waals surface area contributed by atoms with Crippen LogP contribution < -0.4 is 4.90 Å². The topological polar surface area (TPSA) is 36.4 Å². The monoisotopic (exact) mass is 234 g/mol. The summed E-state index contributed by atoms with van der Waals surface area (Å²) in [5.41, 5.74) is 0.947. The summed E-state index contributed by atoms with van der Waals surface area (Å²) in [6.45, 7) is 5.62. The minimum absolute atomic E-state index is 0.0775. The zero-order valence-corrected chi connectivity index (χ0v) is 10.8. The summed E-state index contributed by atoms with van der Waals surface area (Å²) in [5, 5.41) is 9.38. The number of pyridine rings is 1. The molecule has 17 heavy (non-hydrogen) atoms. The number of aliphatic hydroxyl groups excluding tert-OH is 1. The molecular formula is C14H22N2O. The van der Waals surface area contributed by atoms with Gasteiger partial charge >= 0.3 is 0 Å². The van der Waals surface area contributed by atoms with Crippen LogP contribution in [0.15, 0.2) is 18.3 Å². The Morgan fingerprint density at radius 1 is 1.47 bits per heavy atom. The van der Waals surface area contributed by atoms with E-state index < -0.39 is 0 Å². The average molecular weight is 234 g/mol. The van der Waals surface area contributed by atoms with E-state index in [0.29, 0.717) is 12.0 Å². The van der Waals surface area contributed by atoms with E-state index in [-0.39, 0.29) is 6.61 Å². The van der Waals surface area contributed by atoms with Gasteiger partial charge in [0.2, 0.25) is 0 Å². The Bertz CT molecular complexity index is 361. The third-order valence-corrected chi connectivity index (χ3v) is 3.24. The molecule has 1 saturated carbocycles. The first-order valence-corrected chi connectivity index (χ1v) is 6.53. The minimum Gasteiger partial charge on any atom is -0.392 e. The number of aromatic nitrogens is 1. The van der Waals surface area contributed by atoms with Crippen LogP contribution in [0.25, 0.3) is 0 Å². The molecule has 0 aliphatic heterocycles. The van der Waals surface area contributed by atoms with Crippen LogP contribution >= 0.6 is 0 Å². The van der Waals surface area contributed by atoms with Crippen molar-refractivity contribution in [3.63, 3.8) is 0 Å². The molecule has 0 spiro atoms. The van der Waals surface area contributed by atoms with Crippen LogP contribution in [-0.2, 0) is 6.61 Å². The highest BCUT2D eigenvalue weighted by molar-refractivity contribution is 5.48. The van der Waals surface area contributed by atoms with Gasteiger partial charge in [-0.25, -0.2) is 4.98 Å². The summed E-state index contributed by atoms with van der Waals surface area (Å²) in [6.07, 6.45) is 5.52. The first-order valence-electron chi connectivity index (χ1n) is 6.53. The van der Waals surface area contributed by atoms with Gasteiger partial charge in [0.05, 0.1) is 6.61 Å². The van der Waals surface area contributed by atoms with Crippen molar-refractivity contribution in [1.29, 1.82) is 0 Å². The molecule has 0 radical (unpaired) electrons. The molecule has 3 heteroatoms. The fourth-order valence-corrected chi connectivity index (χ4v) is 2.06. The Morgan fingerprint density at radius 2 is 2.24 bits per heavy atom. The molecule has 1 N–H and O–H groups in total. The van der Waals surface area contributed by atoms with Crippen LogP contribution in [0.3, 0.4) is 0 Å². The number of anilines is 1. The molecule has 2 rings (SSSR count). The Morgan fingerprint density at radius 3 is 2.82 bits per heavy atom. The van der Waals surface area contributed by atoms with E-state index in [0.717, 1.165) is 17.9 Å². The van der Waals surface area contributed by atoms with Crippen molar-refractivity contribution in [2.75, 3.05) is 11.4 Å². The van der Waals surface area contributed by atoms with Crippen LogP contribution in [0.1, 0.15) is 38.7 Å². The third-order valence-electron chi connectivity index (χ3n) is 3.24. The molecule has 1 aromatic rings. The summed E-state index contributed by atoms with van der Waals surface area (Å²) < 4.78 is 0. The lowest BCUT2D eigenvalue weighted by molar-refractivity contribution is 0.281. The van der Waals surface area contributed by atoms with Crippen molar-refractivity contribution in [3.05, 3.63) is 23.9 Å². The zero-order chi connectivity index (χ0) is 12.3. The van der Waals surface area contributed by atoms with Crippen molar-refractivity contribution in [3.8, 4) is 0 Å². The molecule has 0 atom stereocenters. The lowest BCUT2D eigenvalue weighted by Crippen LogP contribution is -2.29. The van der Waals surface area contributed by atoms with E-state index in [2.05, 4.69) is 23.7 Å². The maximum atomic E-state index is 9.38. The second kappa shape index (κ2) is 5.50. The summed E-state index contributed by atoms with van der Waals surface area (Å²) in [4.78, 5) is 6.84. The fraction of sp³-hybridized carbons (Fsp3) is 0.643. The molecule has 0 unspecified atom stereocenters. The molecule has 0 aromatic carbocycles. The van der Waals surface area contributed by atoms with Crippen LogP contribution in [0, 0.1) is 5.92 Å². The van der Waals surface area contributed by atoms with Crippen molar-refractivity contribution >= 4 is 5.82 Å². The highest BCUT2D eigenvalue weighted by Gasteiger charge is 2.30. The molecule has 94 valence electrons. The lowest BCUT2D eigenvalue weighted by atomic mass is 10.1. The van der Waals surface area contributed by atoms with Crippen LogP contribution in [0.2, 0.25) is 0 Å². The van der Waals surface area contributed by atoms with Gasteiger partial charge in [0, 0.05) is 24.3 Å². The van der Waals surface area contributed by atoms with Gasteiger partial charge in [-0.05, 0) is 31.2 Å². The van der Waals surface area contributed by atoms with E-state index in [1.54, 1.807) is 0 Å². The molecular weight excluding hydrogens is 212 g/mol. The Balaban J connectivity index is 2.14. The quantitative estimate of drug-likeness (QED) is 0.822. The SMILES string of the molecule is CC(C)CCN(c1ncccc1CO)C1CC1. The molecule has 0 amide bonds. The van der Waals surface area contributed by atoms with E-state index in [1.807, 2.05) is 18.3 Å². The van der Waals surface area contributed by atoms with Crippen LogP contribution in [0.5, 0.6) is 0 Å². The molecule has 0 bridgehead atoms. The maximum Gasteiger partial charge on any atom is 0.134 e. The fourth-order valence-electron chi connectivity index (χ4n) is 2.06. The smallest absolute Gasteiger partial charge is 0.134 e. The van der Waals surface area contributed by atoms with E-state index in [4.69, 9.17) is 0 Å². The molecule has 1 aromatic heterocycles. The number of aliphatic hydroxyl groups is 1. The summed E-state index contributed by atoms with van der Waals surface area (Å²) in [6, 6.07) is 4.50. The minimum atomic E-state index is 0.0775. The van der Waals surface area contributed by atoms with Gasteiger partial charge in [0.25, 0.3) is 0 Å². The Labute approximate surface area is 103 Å². The van der Waals surface area contributed by atoms with E-state index >= 15 is 0 Å². The van der Waals surface area contributed by atoms with Crippen molar-refractivity contribution in [1.82, 2.24) is 4.98 Å². The van der Waals surface area contributed by atoms with E-state index in [9.17, 15) is 5.11 Å². The predicted molar refractivity (Wildman–Crippen MR) is 70.0 cm³/mol. The zero-order valence-electron chi connectivity index (χ0n) is 10.8. The highest BCUT2D eigenvalue weighted by atomic mass is 16.3. The van der Waals surface area contributed by atoms with Gasteiger partial charge in [-0.15, -0.1) is 0 Å². The number of rotatable bonds is 6. The summed E-state index contributed by atoms with van der Waals surface area (Å²) in [7, 11) is 0. The largest absolute Gasteiger partial charge is 0.392 e. The predicted octanol–water partition coefficient (Wildman–Crippen LogP) is 2.59. The second-order valence-corrected chi connectivity index (χ2v) is 5.25. The Kier molecular flexibility index (Phi) is 4.00. The van der Waals surface area contributed by atoms with Gasteiger partial charge < -0.3 is 10.0 Å². The van der Waals surface area contributed by atoms with E-state index in [1.165, 1.54) is 19.3 Å². The van der Waals surface area contributed by atoms with Gasteiger partial charge in [-0.3, -0.25) is 0 Å². The highest BCUT2D eigenvalue weighted by Crippen LogP contribution is 2.32. The maximum absolute atomic E-state index is 9.38. The molecule has 3 nitrogen and oxygen atoms in total. The first-order chi connectivity index (χ1) is 8.22. The third kappa shape index (κ3) is 3.19. The van der Waals surface area contributed by atoms with Gasteiger partial charge in [-0.2, -0.15) is 0 Å². The van der Waals surface area contributed by atoms with Gasteiger partial charge in [0.15, 0.2) is 0 Å².